The first kappa shape index (κ1) is 18.2. The maximum absolute atomic E-state index is 12.9. The Hall–Kier alpha value is -2.16. The van der Waals surface area contributed by atoms with Gasteiger partial charge in [0.05, 0.1) is 5.56 Å². The average molecular weight is 442 g/mol. The summed E-state index contributed by atoms with van der Waals surface area (Å²) in [5, 5.41) is 2.59. The van der Waals surface area contributed by atoms with Gasteiger partial charge in [0.25, 0.3) is 5.91 Å². The minimum Gasteiger partial charge on any atom is -0.449 e. The third kappa shape index (κ3) is 4.67. The highest BCUT2D eigenvalue weighted by Gasteiger charge is 2.23. The Morgan fingerprint density at radius 1 is 1.25 bits per heavy atom. The minimum absolute atomic E-state index is 0.218. The lowest BCUT2D eigenvalue weighted by atomic mass is 10.2. The molecule has 0 radical (unpaired) electrons. The lowest BCUT2D eigenvalue weighted by molar-refractivity contribution is -0.124. The van der Waals surface area contributed by atoms with Crippen LogP contribution in [0.1, 0.15) is 23.7 Å². The number of carbonyl (C=O) groups excluding carboxylic acids is 2. The van der Waals surface area contributed by atoms with Crippen LogP contribution in [-0.4, -0.2) is 18.0 Å². The SMILES string of the molecule is CCC(OC(=O)c1cc(I)ccc1N)C(=O)Nc1ccc(F)cc1. The smallest absolute Gasteiger partial charge is 0.341 e. The van der Waals surface area contributed by atoms with Gasteiger partial charge >= 0.3 is 5.97 Å². The highest BCUT2D eigenvalue weighted by atomic mass is 127. The van der Waals surface area contributed by atoms with Crippen molar-refractivity contribution < 1.29 is 18.7 Å². The van der Waals surface area contributed by atoms with E-state index < -0.39 is 23.8 Å². The van der Waals surface area contributed by atoms with E-state index in [0.717, 1.165) is 3.57 Å². The van der Waals surface area contributed by atoms with Gasteiger partial charge in [0.15, 0.2) is 6.10 Å². The molecule has 0 saturated heterocycles. The molecule has 2 aromatic carbocycles. The summed E-state index contributed by atoms with van der Waals surface area (Å²) < 4.78 is 19.0. The summed E-state index contributed by atoms with van der Waals surface area (Å²) in [6.07, 6.45) is -0.678. The molecule has 0 saturated carbocycles. The molecule has 2 rings (SSSR count). The first-order valence-corrected chi connectivity index (χ1v) is 8.31. The molecule has 5 nitrogen and oxygen atoms in total. The molecule has 24 heavy (non-hydrogen) atoms. The summed E-state index contributed by atoms with van der Waals surface area (Å²) in [5.74, 6) is -1.55. The van der Waals surface area contributed by atoms with Crippen LogP contribution in [0.5, 0.6) is 0 Å². The van der Waals surface area contributed by atoms with E-state index in [1.54, 1.807) is 25.1 Å². The first-order valence-electron chi connectivity index (χ1n) is 7.23. The molecule has 0 heterocycles. The van der Waals surface area contributed by atoms with Gasteiger partial charge in [-0.15, -0.1) is 0 Å². The zero-order valence-electron chi connectivity index (χ0n) is 12.9. The van der Waals surface area contributed by atoms with Crippen molar-refractivity contribution in [2.24, 2.45) is 0 Å². The minimum atomic E-state index is -0.972. The number of hydrogen-bond acceptors (Lipinski definition) is 4. The number of rotatable bonds is 5. The number of benzene rings is 2. The topological polar surface area (TPSA) is 81.4 Å². The second-order valence-electron chi connectivity index (χ2n) is 5.03. The van der Waals surface area contributed by atoms with E-state index >= 15 is 0 Å². The summed E-state index contributed by atoms with van der Waals surface area (Å²) in [7, 11) is 0. The molecular weight excluding hydrogens is 426 g/mol. The molecule has 0 bridgehead atoms. The van der Waals surface area contributed by atoms with Gasteiger partial charge in [0.1, 0.15) is 5.82 Å². The van der Waals surface area contributed by atoms with E-state index in [4.69, 9.17) is 10.5 Å². The van der Waals surface area contributed by atoms with Crippen molar-refractivity contribution in [3.8, 4) is 0 Å². The fourth-order valence-electron chi connectivity index (χ4n) is 1.98. The van der Waals surface area contributed by atoms with Crippen LogP contribution in [0.4, 0.5) is 15.8 Å². The van der Waals surface area contributed by atoms with E-state index in [9.17, 15) is 14.0 Å². The van der Waals surface area contributed by atoms with Crippen molar-refractivity contribution in [3.05, 3.63) is 57.4 Å². The van der Waals surface area contributed by atoms with Crippen LogP contribution in [0.3, 0.4) is 0 Å². The fourth-order valence-corrected chi connectivity index (χ4v) is 2.47. The molecule has 1 atom stereocenters. The predicted molar refractivity (Wildman–Crippen MR) is 98.1 cm³/mol. The lowest BCUT2D eigenvalue weighted by Crippen LogP contribution is -2.32. The Morgan fingerprint density at radius 2 is 1.92 bits per heavy atom. The van der Waals surface area contributed by atoms with Crippen molar-refractivity contribution in [1.82, 2.24) is 0 Å². The van der Waals surface area contributed by atoms with Crippen molar-refractivity contribution >= 4 is 45.8 Å². The number of halogens is 2. The monoisotopic (exact) mass is 442 g/mol. The number of hydrogen-bond donors (Lipinski definition) is 2. The number of amides is 1. The van der Waals surface area contributed by atoms with E-state index in [-0.39, 0.29) is 11.3 Å². The maximum Gasteiger partial charge on any atom is 0.341 e. The van der Waals surface area contributed by atoms with Crippen LogP contribution in [0.25, 0.3) is 0 Å². The van der Waals surface area contributed by atoms with Crippen molar-refractivity contribution in [3.63, 3.8) is 0 Å². The van der Waals surface area contributed by atoms with E-state index in [2.05, 4.69) is 27.9 Å². The molecule has 0 fully saturated rings. The molecule has 2 aromatic rings. The zero-order valence-corrected chi connectivity index (χ0v) is 15.0. The Morgan fingerprint density at radius 3 is 2.54 bits per heavy atom. The summed E-state index contributed by atoms with van der Waals surface area (Å²) in [6.45, 7) is 1.72. The second kappa shape index (κ2) is 8.09. The van der Waals surface area contributed by atoms with Gasteiger partial charge in [0, 0.05) is 14.9 Å². The number of nitrogen functional groups attached to an aromatic ring is 1. The lowest BCUT2D eigenvalue weighted by Gasteiger charge is -2.17. The Balaban J connectivity index is 2.07. The zero-order chi connectivity index (χ0) is 17.7. The molecular formula is C17H16FIN2O3. The maximum atomic E-state index is 12.9. The number of nitrogens with two attached hydrogens (primary N) is 1. The Bertz CT molecular complexity index is 750. The van der Waals surface area contributed by atoms with Crippen LogP contribution in [0.2, 0.25) is 0 Å². The number of ether oxygens (including phenoxy) is 1. The summed E-state index contributed by atoms with van der Waals surface area (Å²) in [4.78, 5) is 24.5. The Labute approximate surface area is 152 Å². The molecule has 0 spiro atoms. The first-order chi connectivity index (χ1) is 11.4. The van der Waals surface area contributed by atoms with Gasteiger partial charge in [0.2, 0.25) is 0 Å². The summed E-state index contributed by atoms with van der Waals surface area (Å²) >= 11 is 2.06. The molecule has 3 N–H and O–H groups in total. The largest absolute Gasteiger partial charge is 0.449 e. The Kier molecular flexibility index (Phi) is 6.13. The molecule has 1 unspecified atom stereocenters. The second-order valence-corrected chi connectivity index (χ2v) is 6.28. The van der Waals surface area contributed by atoms with Crippen molar-refractivity contribution in [2.75, 3.05) is 11.1 Å². The summed E-state index contributed by atoms with van der Waals surface area (Å²) in [6, 6.07) is 10.3. The van der Waals surface area contributed by atoms with Crippen LogP contribution in [0, 0.1) is 9.39 Å². The third-order valence-electron chi connectivity index (χ3n) is 3.26. The van der Waals surface area contributed by atoms with Crippen molar-refractivity contribution in [2.45, 2.75) is 19.4 Å². The molecule has 0 aliphatic heterocycles. The van der Waals surface area contributed by atoms with Gasteiger partial charge in [-0.1, -0.05) is 6.92 Å². The van der Waals surface area contributed by atoms with Gasteiger partial charge in [-0.05, 0) is 71.5 Å². The normalized spacial score (nSPS) is 11.6. The van der Waals surface area contributed by atoms with Gasteiger partial charge in [-0.3, -0.25) is 4.79 Å². The summed E-state index contributed by atoms with van der Waals surface area (Å²) in [5.41, 5.74) is 6.71. The third-order valence-corrected chi connectivity index (χ3v) is 3.93. The van der Waals surface area contributed by atoms with Crippen LogP contribution in [-0.2, 0) is 9.53 Å². The van der Waals surface area contributed by atoms with Gasteiger partial charge < -0.3 is 15.8 Å². The quantitative estimate of drug-likeness (QED) is 0.422. The average Bonchev–Trinajstić information content (AvgIpc) is 2.56. The van der Waals surface area contributed by atoms with Crippen LogP contribution in [0.15, 0.2) is 42.5 Å². The van der Waals surface area contributed by atoms with E-state index in [0.29, 0.717) is 12.1 Å². The van der Waals surface area contributed by atoms with Crippen LogP contribution < -0.4 is 11.1 Å². The molecule has 126 valence electrons. The van der Waals surface area contributed by atoms with E-state index in [1.165, 1.54) is 24.3 Å². The number of anilines is 2. The molecule has 0 aliphatic rings. The molecule has 7 heteroatoms. The van der Waals surface area contributed by atoms with Crippen LogP contribution >= 0.6 is 22.6 Å². The van der Waals surface area contributed by atoms with Crippen molar-refractivity contribution in [1.29, 1.82) is 0 Å². The van der Waals surface area contributed by atoms with Gasteiger partial charge in [-0.2, -0.15) is 0 Å². The molecule has 1 amide bonds. The standard InChI is InChI=1S/C17H16FIN2O3/c1-2-15(16(22)21-12-6-3-10(18)4-7-12)24-17(23)13-9-11(19)5-8-14(13)20/h3-9,15H,2,20H2,1H3,(H,21,22). The fraction of sp³-hybridized carbons (Fsp3) is 0.176. The number of esters is 1. The number of nitrogens with one attached hydrogen (secondary N) is 1. The highest BCUT2D eigenvalue weighted by Crippen LogP contribution is 2.18. The predicted octanol–water partition coefficient (Wildman–Crippen LogP) is 3.59. The molecule has 0 aromatic heterocycles. The van der Waals surface area contributed by atoms with Gasteiger partial charge in [-0.25, -0.2) is 9.18 Å². The van der Waals surface area contributed by atoms with E-state index in [1.807, 2.05) is 0 Å². The highest BCUT2D eigenvalue weighted by molar-refractivity contribution is 14.1. The molecule has 0 aliphatic carbocycles. The number of carbonyl (C=O) groups is 2.